The summed E-state index contributed by atoms with van der Waals surface area (Å²) < 4.78 is 11.8. The highest BCUT2D eigenvalue weighted by molar-refractivity contribution is 9.11. The van der Waals surface area contributed by atoms with E-state index in [0.717, 1.165) is 15.9 Å². The lowest BCUT2D eigenvalue weighted by atomic mass is 10.0. The second-order valence-electron chi connectivity index (χ2n) is 4.40. The topological polar surface area (TPSA) is 30.5 Å². The molecule has 6 heteroatoms. The third-order valence-corrected chi connectivity index (χ3v) is 4.99. The first kappa shape index (κ1) is 16.6. The Balaban J connectivity index is 2.49. The highest BCUT2D eigenvalue weighted by atomic mass is 79.9. The molecule has 0 spiro atoms. The van der Waals surface area contributed by atoms with Crippen LogP contribution in [0.25, 0.3) is 0 Å². The summed E-state index contributed by atoms with van der Waals surface area (Å²) >= 11 is 11.6. The van der Waals surface area contributed by atoms with Crippen molar-refractivity contribution in [2.45, 2.75) is 13.0 Å². The minimum absolute atomic E-state index is 0.0184. The molecule has 0 amide bonds. The molecule has 0 saturated heterocycles. The molecule has 0 radical (unpaired) electrons. The van der Waals surface area contributed by atoms with Crippen molar-refractivity contribution in [2.75, 3.05) is 20.8 Å². The number of hydrogen-bond acceptors (Lipinski definition) is 4. The van der Waals surface area contributed by atoms with Crippen LogP contribution >= 0.6 is 38.9 Å². The fourth-order valence-corrected chi connectivity index (χ4v) is 3.64. The lowest BCUT2D eigenvalue weighted by Crippen LogP contribution is -2.22. The molecule has 1 N–H and O–H groups in total. The van der Waals surface area contributed by atoms with Crippen LogP contribution in [0.2, 0.25) is 5.02 Å². The SMILES string of the molecule is CCNC(c1csc(Br)c1)c1cc(OC)c(OC)cc1Cl. The molecule has 1 heterocycles. The van der Waals surface area contributed by atoms with Gasteiger partial charge in [-0.2, -0.15) is 0 Å². The van der Waals surface area contributed by atoms with Crippen LogP contribution < -0.4 is 14.8 Å². The van der Waals surface area contributed by atoms with Gasteiger partial charge in [-0.1, -0.05) is 18.5 Å². The molecule has 1 unspecified atom stereocenters. The van der Waals surface area contributed by atoms with Gasteiger partial charge in [0.05, 0.1) is 24.0 Å². The molecule has 1 aromatic carbocycles. The summed E-state index contributed by atoms with van der Waals surface area (Å²) in [6.07, 6.45) is 0. The zero-order valence-corrected chi connectivity index (χ0v) is 15.2. The van der Waals surface area contributed by atoms with Crippen LogP contribution in [0.3, 0.4) is 0 Å². The third-order valence-electron chi connectivity index (χ3n) is 3.14. The van der Waals surface area contributed by atoms with E-state index in [2.05, 4.69) is 39.6 Å². The molecule has 3 nitrogen and oxygen atoms in total. The first-order chi connectivity index (χ1) is 10.1. The highest BCUT2D eigenvalue weighted by Gasteiger charge is 2.20. The number of ether oxygens (including phenoxy) is 2. The zero-order valence-electron chi connectivity index (χ0n) is 12.1. The van der Waals surface area contributed by atoms with Crippen molar-refractivity contribution in [2.24, 2.45) is 0 Å². The van der Waals surface area contributed by atoms with Crippen LogP contribution in [0.15, 0.2) is 27.4 Å². The van der Waals surface area contributed by atoms with Crippen LogP contribution in [0.4, 0.5) is 0 Å². The maximum atomic E-state index is 6.44. The lowest BCUT2D eigenvalue weighted by Gasteiger charge is -2.20. The molecule has 0 aliphatic heterocycles. The third kappa shape index (κ3) is 3.72. The van der Waals surface area contributed by atoms with E-state index in [1.165, 1.54) is 5.56 Å². The Bertz CT molecular complexity index is 618. The fraction of sp³-hybridized carbons (Fsp3) is 0.333. The van der Waals surface area contributed by atoms with E-state index in [9.17, 15) is 0 Å². The van der Waals surface area contributed by atoms with Crippen LogP contribution in [0.1, 0.15) is 24.1 Å². The quantitative estimate of drug-likeness (QED) is 0.762. The van der Waals surface area contributed by atoms with Gasteiger partial charge in [0.1, 0.15) is 0 Å². The van der Waals surface area contributed by atoms with Crippen LogP contribution in [0, 0.1) is 0 Å². The van der Waals surface area contributed by atoms with Gasteiger partial charge in [-0.05, 0) is 51.1 Å². The van der Waals surface area contributed by atoms with Gasteiger partial charge in [0.25, 0.3) is 0 Å². The van der Waals surface area contributed by atoms with Gasteiger partial charge in [-0.3, -0.25) is 0 Å². The van der Waals surface area contributed by atoms with E-state index in [1.807, 2.05) is 6.07 Å². The van der Waals surface area contributed by atoms with Crippen molar-refractivity contribution in [1.29, 1.82) is 0 Å². The second-order valence-corrected chi connectivity index (χ2v) is 7.10. The van der Waals surface area contributed by atoms with Crippen molar-refractivity contribution in [3.8, 4) is 11.5 Å². The van der Waals surface area contributed by atoms with Crippen molar-refractivity contribution in [3.05, 3.63) is 43.5 Å². The van der Waals surface area contributed by atoms with Crippen LogP contribution in [-0.4, -0.2) is 20.8 Å². The van der Waals surface area contributed by atoms with Gasteiger partial charge in [-0.15, -0.1) is 11.3 Å². The van der Waals surface area contributed by atoms with Crippen molar-refractivity contribution >= 4 is 38.9 Å². The second kappa shape index (κ2) is 7.49. The van der Waals surface area contributed by atoms with E-state index in [-0.39, 0.29) is 6.04 Å². The van der Waals surface area contributed by atoms with E-state index in [4.69, 9.17) is 21.1 Å². The number of halogens is 2. The Morgan fingerprint density at radius 3 is 2.43 bits per heavy atom. The minimum atomic E-state index is 0.0184. The maximum absolute atomic E-state index is 6.44. The molecule has 0 bridgehead atoms. The molecule has 0 aliphatic rings. The number of thiophene rings is 1. The van der Waals surface area contributed by atoms with Gasteiger partial charge in [0, 0.05) is 11.1 Å². The molecule has 2 aromatic rings. The van der Waals surface area contributed by atoms with Gasteiger partial charge < -0.3 is 14.8 Å². The summed E-state index contributed by atoms with van der Waals surface area (Å²) in [5, 5.41) is 6.23. The molecule has 1 atom stereocenters. The van der Waals surface area contributed by atoms with Crippen molar-refractivity contribution < 1.29 is 9.47 Å². The number of benzene rings is 1. The van der Waals surface area contributed by atoms with Crippen LogP contribution in [-0.2, 0) is 0 Å². The summed E-state index contributed by atoms with van der Waals surface area (Å²) in [6, 6.07) is 5.84. The Morgan fingerprint density at radius 1 is 1.24 bits per heavy atom. The smallest absolute Gasteiger partial charge is 0.162 e. The molecular weight excluding hydrogens is 374 g/mol. The molecular formula is C15H17BrClNO2S. The number of nitrogens with one attached hydrogen (secondary N) is 1. The summed E-state index contributed by atoms with van der Waals surface area (Å²) in [4.78, 5) is 0. The molecule has 0 fully saturated rings. The molecule has 2 rings (SSSR count). The summed E-state index contributed by atoms with van der Waals surface area (Å²) in [5.74, 6) is 1.31. The van der Waals surface area contributed by atoms with E-state index in [1.54, 1.807) is 31.6 Å². The Kier molecular flexibility index (Phi) is 5.93. The lowest BCUT2D eigenvalue weighted by molar-refractivity contribution is 0.354. The number of rotatable bonds is 6. The standard InChI is InChI=1S/C15H17BrClNO2S/c1-4-18-15(9-5-14(16)21-8-9)10-6-12(19-2)13(20-3)7-11(10)17/h5-8,15,18H,4H2,1-3H3. The molecule has 0 aliphatic carbocycles. The summed E-state index contributed by atoms with van der Waals surface area (Å²) in [6.45, 7) is 2.91. The number of hydrogen-bond donors (Lipinski definition) is 1. The van der Waals surface area contributed by atoms with Crippen LogP contribution in [0.5, 0.6) is 11.5 Å². The van der Waals surface area contributed by atoms with Gasteiger partial charge in [-0.25, -0.2) is 0 Å². The molecule has 114 valence electrons. The Morgan fingerprint density at radius 2 is 1.90 bits per heavy atom. The predicted octanol–water partition coefficient (Wildman–Crippen LogP) is 4.88. The highest BCUT2D eigenvalue weighted by Crippen LogP contribution is 2.39. The van der Waals surface area contributed by atoms with Crippen molar-refractivity contribution in [1.82, 2.24) is 5.32 Å². The van der Waals surface area contributed by atoms with E-state index in [0.29, 0.717) is 16.5 Å². The summed E-state index contributed by atoms with van der Waals surface area (Å²) in [5.41, 5.74) is 2.14. The molecule has 0 saturated carbocycles. The Hall–Kier alpha value is -0.750. The van der Waals surface area contributed by atoms with E-state index >= 15 is 0 Å². The molecule has 1 aromatic heterocycles. The monoisotopic (exact) mass is 389 g/mol. The van der Waals surface area contributed by atoms with Gasteiger partial charge >= 0.3 is 0 Å². The average Bonchev–Trinajstić information content (AvgIpc) is 2.91. The maximum Gasteiger partial charge on any atom is 0.162 e. The Labute approximate surface area is 142 Å². The molecule has 21 heavy (non-hydrogen) atoms. The van der Waals surface area contributed by atoms with Crippen molar-refractivity contribution in [3.63, 3.8) is 0 Å². The zero-order chi connectivity index (χ0) is 15.4. The largest absolute Gasteiger partial charge is 0.493 e. The van der Waals surface area contributed by atoms with E-state index < -0.39 is 0 Å². The fourth-order valence-electron chi connectivity index (χ4n) is 2.18. The first-order valence-electron chi connectivity index (χ1n) is 6.49. The minimum Gasteiger partial charge on any atom is -0.493 e. The number of methoxy groups -OCH3 is 2. The van der Waals surface area contributed by atoms with Gasteiger partial charge in [0.2, 0.25) is 0 Å². The predicted molar refractivity (Wildman–Crippen MR) is 92.1 cm³/mol. The normalized spacial score (nSPS) is 12.2. The average molecular weight is 391 g/mol. The first-order valence-corrected chi connectivity index (χ1v) is 8.54. The van der Waals surface area contributed by atoms with Gasteiger partial charge in [0.15, 0.2) is 11.5 Å². The summed E-state index contributed by atoms with van der Waals surface area (Å²) in [7, 11) is 3.23.